The van der Waals surface area contributed by atoms with Gasteiger partial charge in [0.05, 0.1) is 13.1 Å². The van der Waals surface area contributed by atoms with Crippen LogP contribution >= 0.6 is 0 Å². The van der Waals surface area contributed by atoms with Crippen molar-refractivity contribution >= 4 is 6.09 Å². The molecule has 0 aromatic heterocycles. The summed E-state index contributed by atoms with van der Waals surface area (Å²) in [7, 11) is 0. The second-order valence-electron chi connectivity index (χ2n) is 5.71. The third-order valence-corrected chi connectivity index (χ3v) is 4.27. The molecule has 2 atom stereocenters. The molecule has 18 heavy (non-hydrogen) atoms. The Kier molecular flexibility index (Phi) is 5.29. The molecule has 0 bridgehead atoms. The Labute approximate surface area is 110 Å². The summed E-state index contributed by atoms with van der Waals surface area (Å²) < 4.78 is 5.56. The van der Waals surface area contributed by atoms with E-state index in [-0.39, 0.29) is 12.2 Å². The van der Waals surface area contributed by atoms with E-state index in [1.807, 2.05) is 0 Å². The maximum atomic E-state index is 11.8. The highest BCUT2D eigenvalue weighted by molar-refractivity contribution is 5.67. The zero-order valence-electron chi connectivity index (χ0n) is 11.5. The Morgan fingerprint density at radius 3 is 2.72 bits per heavy atom. The lowest BCUT2D eigenvalue weighted by Crippen LogP contribution is -3.13. The molecule has 1 heterocycles. The first kappa shape index (κ1) is 13.7. The minimum Gasteiger partial charge on any atom is -0.440 e. The third-order valence-electron chi connectivity index (χ3n) is 4.27. The van der Waals surface area contributed by atoms with Gasteiger partial charge < -0.3 is 15.0 Å². The van der Waals surface area contributed by atoms with Gasteiger partial charge in [0.1, 0.15) is 6.54 Å². The number of likely N-dealkylation sites (N-methyl/N-ethyl adjacent to an activating group) is 1. The molecule has 0 radical (unpaired) electrons. The summed E-state index contributed by atoms with van der Waals surface area (Å²) in [4.78, 5) is 13.4. The van der Waals surface area contributed by atoms with E-state index in [0.29, 0.717) is 6.04 Å². The van der Waals surface area contributed by atoms with Crippen molar-refractivity contribution in [1.82, 2.24) is 5.32 Å². The normalized spacial score (nSPS) is 29.8. The van der Waals surface area contributed by atoms with Crippen LogP contribution in [0.25, 0.3) is 0 Å². The van der Waals surface area contributed by atoms with Crippen LogP contribution in [0.3, 0.4) is 0 Å². The molecule has 0 aromatic rings. The Balaban J connectivity index is 1.69. The largest absolute Gasteiger partial charge is 0.440 e. The number of piperidine rings is 1. The standard InChI is InChI=1S/C14H26N2O2/c1-2-16-10-6-9-13(11-16)18-14(17)15-12-7-4-3-5-8-12/h12-13H,2-11H2,1H3,(H,15,17)/p+1/t13-/m1/s1. The van der Waals surface area contributed by atoms with E-state index >= 15 is 0 Å². The Morgan fingerprint density at radius 1 is 1.22 bits per heavy atom. The van der Waals surface area contributed by atoms with Gasteiger partial charge in [0, 0.05) is 12.5 Å². The number of ether oxygens (including phenoxy) is 1. The van der Waals surface area contributed by atoms with E-state index in [1.54, 1.807) is 4.90 Å². The third kappa shape index (κ3) is 4.16. The first-order valence-corrected chi connectivity index (χ1v) is 7.58. The molecule has 1 aliphatic heterocycles. The minimum atomic E-state index is -0.191. The van der Waals surface area contributed by atoms with Crippen molar-refractivity contribution in [2.75, 3.05) is 19.6 Å². The molecule has 2 fully saturated rings. The number of amides is 1. The van der Waals surface area contributed by atoms with Crippen molar-refractivity contribution in [3.63, 3.8) is 0 Å². The zero-order chi connectivity index (χ0) is 12.8. The average molecular weight is 255 g/mol. The van der Waals surface area contributed by atoms with Crippen LogP contribution in [0.15, 0.2) is 0 Å². The summed E-state index contributed by atoms with van der Waals surface area (Å²) in [5, 5.41) is 3.03. The number of hydrogen-bond acceptors (Lipinski definition) is 2. The van der Waals surface area contributed by atoms with Gasteiger partial charge in [-0.25, -0.2) is 4.79 Å². The van der Waals surface area contributed by atoms with E-state index in [2.05, 4.69) is 12.2 Å². The number of rotatable bonds is 3. The molecular weight excluding hydrogens is 228 g/mol. The molecule has 104 valence electrons. The lowest BCUT2D eigenvalue weighted by atomic mass is 9.96. The number of carbonyl (C=O) groups is 1. The molecule has 1 aliphatic carbocycles. The molecule has 0 aromatic carbocycles. The number of nitrogens with one attached hydrogen (secondary N) is 2. The zero-order valence-corrected chi connectivity index (χ0v) is 11.5. The van der Waals surface area contributed by atoms with E-state index in [4.69, 9.17) is 4.74 Å². The first-order valence-electron chi connectivity index (χ1n) is 7.58. The van der Waals surface area contributed by atoms with Crippen molar-refractivity contribution < 1.29 is 14.4 Å². The fourth-order valence-electron chi connectivity index (χ4n) is 3.13. The quantitative estimate of drug-likeness (QED) is 0.793. The van der Waals surface area contributed by atoms with E-state index in [9.17, 15) is 4.79 Å². The van der Waals surface area contributed by atoms with E-state index < -0.39 is 0 Å². The lowest BCUT2D eigenvalue weighted by Gasteiger charge is -2.29. The second-order valence-corrected chi connectivity index (χ2v) is 5.71. The molecular formula is C14H27N2O2+. The van der Waals surface area contributed by atoms with Crippen molar-refractivity contribution in [2.24, 2.45) is 0 Å². The van der Waals surface area contributed by atoms with Crippen LogP contribution in [0.4, 0.5) is 4.79 Å². The summed E-state index contributed by atoms with van der Waals surface area (Å²) >= 11 is 0. The molecule has 1 saturated heterocycles. The van der Waals surface area contributed by atoms with E-state index in [0.717, 1.165) is 32.4 Å². The van der Waals surface area contributed by atoms with Crippen molar-refractivity contribution in [2.45, 2.75) is 64.0 Å². The van der Waals surface area contributed by atoms with Crippen LogP contribution < -0.4 is 10.2 Å². The van der Waals surface area contributed by atoms with Crippen molar-refractivity contribution in [1.29, 1.82) is 0 Å². The molecule has 0 spiro atoms. The maximum absolute atomic E-state index is 11.8. The predicted octanol–water partition coefficient (Wildman–Crippen LogP) is 1.11. The molecule has 1 amide bonds. The average Bonchev–Trinajstić information content (AvgIpc) is 2.40. The highest BCUT2D eigenvalue weighted by Gasteiger charge is 2.26. The van der Waals surface area contributed by atoms with Crippen molar-refractivity contribution in [3.8, 4) is 0 Å². The predicted molar refractivity (Wildman–Crippen MR) is 70.7 cm³/mol. The SMILES string of the molecule is CC[NH+]1CCC[C@@H](OC(=O)NC2CCCCC2)C1. The van der Waals surface area contributed by atoms with Crippen LogP contribution in [-0.4, -0.2) is 37.9 Å². The highest BCUT2D eigenvalue weighted by Crippen LogP contribution is 2.17. The molecule has 1 saturated carbocycles. The molecule has 2 N–H and O–H groups in total. The fraction of sp³-hybridized carbons (Fsp3) is 0.929. The van der Waals surface area contributed by atoms with Crippen LogP contribution in [0.5, 0.6) is 0 Å². The van der Waals surface area contributed by atoms with Gasteiger partial charge in [0.15, 0.2) is 6.10 Å². The summed E-state index contributed by atoms with van der Waals surface area (Å²) in [6, 6.07) is 0.351. The highest BCUT2D eigenvalue weighted by atomic mass is 16.6. The van der Waals surface area contributed by atoms with Gasteiger partial charge in [0.2, 0.25) is 0 Å². The molecule has 4 nitrogen and oxygen atoms in total. The lowest BCUT2D eigenvalue weighted by molar-refractivity contribution is -0.906. The van der Waals surface area contributed by atoms with Gasteiger partial charge in [-0.2, -0.15) is 0 Å². The summed E-state index contributed by atoms with van der Waals surface area (Å²) in [5.41, 5.74) is 0. The van der Waals surface area contributed by atoms with Gasteiger partial charge in [-0.3, -0.25) is 0 Å². The maximum Gasteiger partial charge on any atom is 0.407 e. The van der Waals surface area contributed by atoms with Crippen molar-refractivity contribution in [3.05, 3.63) is 0 Å². The van der Waals surface area contributed by atoms with Gasteiger partial charge in [-0.05, 0) is 26.2 Å². The summed E-state index contributed by atoms with van der Waals surface area (Å²) in [6.07, 6.45) is 8.15. The molecule has 2 aliphatic rings. The van der Waals surface area contributed by atoms with Crippen LogP contribution in [0.1, 0.15) is 51.9 Å². The monoisotopic (exact) mass is 255 g/mol. The second kappa shape index (κ2) is 6.98. The molecule has 2 rings (SSSR count). The summed E-state index contributed by atoms with van der Waals surface area (Å²) in [6.45, 7) is 5.53. The topological polar surface area (TPSA) is 42.8 Å². The van der Waals surface area contributed by atoms with Crippen LogP contribution in [0, 0.1) is 0 Å². The van der Waals surface area contributed by atoms with Gasteiger partial charge in [-0.15, -0.1) is 0 Å². The van der Waals surface area contributed by atoms with Crippen LogP contribution in [-0.2, 0) is 4.74 Å². The van der Waals surface area contributed by atoms with Gasteiger partial charge in [-0.1, -0.05) is 19.3 Å². The number of likely N-dealkylation sites (tertiary alicyclic amines) is 1. The van der Waals surface area contributed by atoms with Gasteiger partial charge in [0.25, 0.3) is 0 Å². The Bertz CT molecular complexity index is 265. The van der Waals surface area contributed by atoms with Gasteiger partial charge >= 0.3 is 6.09 Å². The molecule has 1 unspecified atom stereocenters. The number of quaternary nitrogens is 1. The van der Waals surface area contributed by atoms with E-state index in [1.165, 1.54) is 32.2 Å². The number of hydrogen-bond donors (Lipinski definition) is 2. The molecule has 4 heteroatoms. The fourth-order valence-corrected chi connectivity index (χ4v) is 3.13. The smallest absolute Gasteiger partial charge is 0.407 e. The summed E-state index contributed by atoms with van der Waals surface area (Å²) in [5.74, 6) is 0. The Morgan fingerprint density at radius 2 is 2.00 bits per heavy atom. The number of carbonyl (C=O) groups excluding carboxylic acids is 1. The first-order chi connectivity index (χ1) is 8.78. The Hall–Kier alpha value is -0.770. The minimum absolute atomic E-state index is 0.122. The number of alkyl carbamates (subject to hydrolysis) is 1. The van der Waals surface area contributed by atoms with Crippen LogP contribution in [0.2, 0.25) is 0 Å².